The lowest BCUT2D eigenvalue weighted by atomic mass is 10.3. The Bertz CT molecular complexity index is 1210. The summed E-state index contributed by atoms with van der Waals surface area (Å²) in [5.74, 6) is 0.537. The summed E-state index contributed by atoms with van der Waals surface area (Å²) in [6.45, 7) is -0.293. The van der Waals surface area contributed by atoms with Crippen molar-refractivity contribution in [2.75, 3.05) is 12.8 Å². The van der Waals surface area contributed by atoms with Crippen molar-refractivity contribution in [2.45, 2.75) is 4.90 Å². The van der Waals surface area contributed by atoms with Crippen LogP contribution in [0.2, 0.25) is 0 Å². The first-order chi connectivity index (χ1) is 16.3. The SMILES string of the molecule is N#CCN(CP(=O)(Oc1ccccc1)Oc1ccccc1)Sc1ccc([N+](=O)[O-])cc1[N+](=O)[O-]. The van der Waals surface area contributed by atoms with E-state index < -0.39 is 35.1 Å². The highest BCUT2D eigenvalue weighted by molar-refractivity contribution is 7.97. The van der Waals surface area contributed by atoms with Gasteiger partial charge in [-0.2, -0.15) is 5.26 Å². The van der Waals surface area contributed by atoms with Gasteiger partial charge in [0, 0.05) is 6.07 Å². The Hall–Kier alpha value is -3.91. The van der Waals surface area contributed by atoms with Gasteiger partial charge in [0.05, 0.1) is 28.5 Å². The van der Waals surface area contributed by atoms with E-state index in [2.05, 4.69) is 0 Å². The number of nitro benzene ring substituents is 2. The summed E-state index contributed by atoms with van der Waals surface area (Å²) in [4.78, 5) is 21.0. The molecule has 0 atom stereocenters. The second-order valence-electron chi connectivity index (χ2n) is 6.62. The first-order valence-electron chi connectivity index (χ1n) is 9.61. The van der Waals surface area contributed by atoms with E-state index >= 15 is 0 Å². The molecule has 0 unspecified atom stereocenters. The van der Waals surface area contributed by atoms with Crippen molar-refractivity contribution in [1.29, 1.82) is 5.26 Å². The maximum Gasteiger partial charge on any atom is 0.445 e. The molecule has 0 aliphatic rings. The van der Waals surface area contributed by atoms with Crippen molar-refractivity contribution in [3.05, 3.63) is 99.1 Å². The smallest absolute Gasteiger partial charge is 0.415 e. The monoisotopic (exact) mass is 500 g/mol. The predicted octanol–water partition coefficient (Wildman–Crippen LogP) is 5.64. The summed E-state index contributed by atoms with van der Waals surface area (Å²) in [6, 6.07) is 21.6. The molecule has 0 amide bonds. The molecule has 0 radical (unpaired) electrons. The van der Waals surface area contributed by atoms with Crippen molar-refractivity contribution >= 4 is 30.9 Å². The highest BCUT2D eigenvalue weighted by Gasteiger charge is 2.33. The molecule has 3 rings (SSSR count). The topological polar surface area (TPSA) is 149 Å². The molecular formula is C21H17N4O7PS. The van der Waals surface area contributed by atoms with Crippen LogP contribution in [0.3, 0.4) is 0 Å². The maximum absolute atomic E-state index is 13.8. The molecule has 0 aliphatic carbocycles. The minimum atomic E-state index is -3.97. The van der Waals surface area contributed by atoms with E-state index in [-0.39, 0.29) is 22.9 Å². The van der Waals surface area contributed by atoms with E-state index in [0.717, 1.165) is 24.1 Å². The van der Waals surface area contributed by atoms with Crippen LogP contribution >= 0.6 is 19.5 Å². The minimum Gasteiger partial charge on any atom is -0.415 e. The number of hydrogen-bond donors (Lipinski definition) is 0. The summed E-state index contributed by atoms with van der Waals surface area (Å²) in [6.07, 6.45) is -0.414. The number of hydrogen-bond acceptors (Lipinski definition) is 10. The van der Waals surface area contributed by atoms with Crippen LogP contribution in [0.15, 0.2) is 83.8 Å². The van der Waals surface area contributed by atoms with E-state index in [4.69, 9.17) is 9.05 Å². The second kappa shape index (κ2) is 11.3. The number of non-ortho nitro benzene ring substituents is 1. The molecule has 0 heterocycles. The minimum absolute atomic E-state index is 0.0248. The number of benzene rings is 3. The van der Waals surface area contributed by atoms with E-state index in [0.29, 0.717) is 0 Å². The zero-order valence-corrected chi connectivity index (χ0v) is 19.1. The van der Waals surface area contributed by atoms with Gasteiger partial charge in [-0.05, 0) is 42.3 Å². The molecule has 0 aromatic heterocycles. The Morgan fingerprint density at radius 1 is 0.912 bits per heavy atom. The van der Waals surface area contributed by atoms with Gasteiger partial charge in [-0.25, -0.2) is 8.87 Å². The first kappa shape index (κ1) is 24.7. The van der Waals surface area contributed by atoms with Gasteiger partial charge in [0.15, 0.2) is 0 Å². The van der Waals surface area contributed by atoms with Crippen molar-refractivity contribution in [2.24, 2.45) is 0 Å². The molecule has 174 valence electrons. The van der Waals surface area contributed by atoms with E-state index in [9.17, 15) is 30.1 Å². The van der Waals surface area contributed by atoms with Gasteiger partial charge in [0.1, 0.15) is 22.7 Å². The second-order valence-corrected chi connectivity index (χ2v) is 9.63. The van der Waals surface area contributed by atoms with Crippen LogP contribution in [0.5, 0.6) is 11.5 Å². The molecule has 11 nitrogen and oxygen atoms in total. The van der Waals surface area contributed by atoms with Crippen molar-refractivity contribution < 1.29 is 23.5 Å². The third kappa shape index (κ3) is 6.79. The highest BCUT2D eigenvalue weighted by Crippen LogP contribution is 2.50. The zero-order valence-electron chi connectivity index (χ0n) is 17.4. The number of nitro groups is 2. The van der Waals surface area contributed by atoms with Crippen molar-refractivity contribution in [3.8, 4) is 17.6 Å². The standard InChI is InChI=1S/C21H17N4O7PS/c22-13-14-23(34-21-12-11-17(24(26)27)15-20(21)25(28)29)16-33(30,31-18-7-3-1-4-8-18)32-19-9-5-2-6-10-19/h1-12,15H,14,16H2. The van der Waals surface area contributed by atoms with Gasteiger partial charge in [-0.3, -0.25) is 20.2 Å². The Labute approximate surface area is 198 Å². The van der Waals surface area contributed by atoms with Crippen LogP contribution in [0, 0.1) is 31.6 Å². The largest absolute Gasteiger partial charge is 0.445 e. The molecule has 0 N–H and O–H groups in total. The summed E-state index contributed by atoms with van der Waals surface area (Å²) in [5.41, 5.74) is -0.974. The van der Waals surface area contributed by atoms with Gasteiger partial charge in [0.2, 0.25) is 0 Å². The number of nitrogens with zero attached hydrogens (tertiary/aromatic N) is 4. The van der Waals surface area contributed by atoms with Crippen LogP contribution < -0.4 is 9.05 Å². The van der Waals surface area contributed by atoms with Crippen molar-refractivity contribution in [3.63, 3.8) is 0 Å². The Morgan fingerprint density at radius 2 is 1.47 bits per heavy atom. The fraction of sp³-hybridized carbons (Fsp3) is 0.0952. The molecule has 3 aromatic rings. The van der Waals surface area contributed by atoms with Crippen LogP contribution in [0.1, 0.15) is 0 Å². The lowest BCUT2D eigenvalue weighted by Gasteiger charge is -2.25. The summed E-state index contributed by atoms with van der Waals surface area (Å²) in [7, 11) is -3.97. The average molecular weight is 500 g/mol. The normalized spacial score (nSPS) is 10.9. The van der Waals surface area contributed by atoms with Gasteiger partial charge >= 0.3 is 7.60 Å². The molecule has 13 heteroatoms. The Morgan fingerprint density at radius 3 is 1.94 bits per heavy atom. The molecule has 34 heavy (non-hydrogen) atoms. The first-order valence-corrected chi connectivity index (χ1v) is 12.1. The van der Waals surface area contributed by atoms with Crippen LogP contribution in [0.25, 0.3) is 0 Å². The maximum atomic E-state index is 13.8. The molecule has 0 bridgehead atoms. The molecule has 0 fully saturated rings. The molecule has 3 aromatic carbocycles. The molecule has 0 aliphatic heterocycles. The van der Waals surface area contributed by atoms with Gasteiger partial charge in [0.25, 0.3) is 11.4 Å². The van der Waals surface area contributed by atoms with Crippen LogP contribution in [0.4, 0.5) is 11.4 Å². The van der Waals surface area contributed by atoms with Gasteiger partial charge in [-0.1, -0.05) is 36.4 Å². The number of para-hydroxylation sites is 2. The Balaban J connectivity index is 1.92. The summed E-state index contributed by atoms with van der Waals surface area (Å²) >= 11 is 0.751. The third-order valence-electron chi connectivity index (χ3n) is 4.13. The zero-order chi connectivity index (χ0) is 24.6. The van der Waals surface area contributed by atoms with E-state index in [1.54, 1.807) is 60.7 Å². The summed E-state index contributed by atoms with van der Waals surface area (Å²) < 4.78 is 26.4. The Kier molecular flexibility index (Phi) is 8.21. The lowest BCUT2D eigenvalue weighted by Crippen LogP contribution is -2.21. The number of rotatable bonds is 11. The molecule has 0 saturated heterocycles. The van der Waals surface area contributed by atoms with Crippen LogP contribution in [-0.4, -0.2) is 27.0 Å². The van der Waals surface area contributed by atoms with Gasteiger partial charge < -0.3 is 9.05 Å². The highest BCUT2D eigenvalue weighted by atomic mass is 32.2. The third-order valence-corrected chi connectivity index (χ3v) is 7.05. The summed E-state index contributed by atoms with van der Waals surface area (Å²) in [5, 5.41) is 31.8. The quantitative estimate of drug-likeness (QED) is 0.106. The average Bonchev–Trinajstić information content (AvgIpc) is 2.80. The fourth-order valence-electron chi connectivity index (χ4n) is 2.72. The molecule has 0 spiro atoms. The number of nitriles is 1. The van der Waals surface area contributed by atoms with E-state index in [1.165, 1.54) is 10.4 Å². The lowest BCUT2D eigenvalue weighted by molar-refractivity contribution is -0.396. The van der Waals surface area contributed by atoms with Crippen molar-refractivity contribution in [1.82, 2.24) is 4.31 Å². The predicted molar refractivity (Wildman–Crippen MR) is 125 cm³/mol. The molecular weight excluding hydrogens is 483 g/mol. The van der Waals surface area contributed by atoms with E-state index in [1.807, 2.05) is 6.07 Å². The molecule has 0 saturated carbocycles. The van der Waals surface area contributed by atoms with Crippen LogP contribution in [-0.2, 0) is 4.57 Å². The van der Waals surface area contributed by atoms with Gasteiger partial charge in [-0.15, -0.1) is 0 Å². The fourth-order valence-corrected chi connectivity index (χ4v) is 5.66.